The zero-order valence-electron chi connectivity index (χ0n) is 11.0. The van der Waals surface area contributed by atoms with Crippen molar-refractivity contribution >= 4 is 17.2 Å². The molecule has 2 aromatic rings. The maximum atomic E-state index is 12.4. The zero-order chi connectivity index (χ0) is 13.5. The van der Waals surface area contributed by atoms with Gasteiger partial charge >= 0.3 is 0 Å². The molecule has 2 aliphatic rings. The molecule has 102 valence electrons. The summed E-state index contributed by atoms with van der Waals surface area (Å²) < 4.78 is 0. The summed E-state index contributed by atoms with van der Waals surface area (Å²) in [6.45, 7) is 2.45. The average molecular weight is 285 g/mol. The Morgan fingerprint density at radius 3 is 3.10 bits per heavy atom. The number of rotatable bonds is 1. The number of nitrogens with zero attached hydrogens (tertiary/aromatic N) is 2. The normalized spacial score (nSPS) is 24.3. The summed E-state index contributed by atoms with van der Waals surface area (Å²) in [6.07, 6.45) is 0. The van der Waals surface area contributed by atoms with Gasteiger partial charge in [-0.2, -0.15) is 0 Å². The van der Waals surface area contributed by atoms with Crippen molar-refractivity contribution in [3.8, 4) is 0 Å². The van der Waals surface area contributed by atoms with Gasteiger partial charge in [0.15, 0.2) is 0 Å². The lowest BCUT2D eigenvalue weighted by molar-refractivity contribution is 0.0783. The quantitative estimate of drug-likeness (QED) is 0.870. The molecule has 0 unspecified atom stereocenters. The lowest BCUT2D eigenvalue weighted by Gasteiger charge is -2.28. The molecule has 2 aliphatic heterocycles. The van der Waals surface area contributed by atoms with Gasteiger partial charge < -0.3 is 10.2 Å². The van der Waals surface area contributed by atoms with Crippen molar-refractivity contribution < 1.29 is 4.79 Å². The minimum absolute atomic E-state index is 0.0555. The van der Waals surface area contributed by atoms with Gasteiger partial charge in [0.1, 0.15) is 5.69 Å². The minimum atomic E-state index is 0.0555. The van der Waals surface area contributed by atoms with Gasteiger partial charge in [0, 0.05) is 37.0 Å². The van der Waals surface area contributed by atoms with Gasteiger partial charge in [-0.25, -0.2) is 4.98 Å². The maximum absolute atomic E-state index is 12.4. The Hall–Kier alpha value is -1.72. The van der Waals surface area contributed by atoms with Crippen molar-refractivity contribution in [3.63, 3.8) is 0 Å². The van der Waals surface area contributed by atoms with Crippen LogP contribution in [0, 0.1) is 0 Å². The predicted molar refractivity (Wildman–Crippen MR) is 77.8 cm³/mol. The first-order chi connectivity index (χ1) is 9.83. The third-order valence-corrected chi connectivity index (χ3v) is 4.85. The number of hydrogen-bond acceptors (Lipinski definition) is 4. The van der Waals surface area contributed by atoms with Gasteiger partial charge in [0.25, 0.3) is 5.91 Å². The number of aromatic nitrogens is 1. The van der Waals surface area contributed by atoms with E-state index in [0.29, 0.717) is 17.7 Å². The summed E-state index contributed by atoms with van der Waals surface area (Å²) in [7, 11) is 0. The number of benzene rings is 1. The molecule has 4 nitrogen and oxygen atoms in total. The van der Waals surface area contributed by atoms with Crippen molar-refractivity contribution in [3.05, 3.63) is 52.0 Å². The fourth-order valence-electron chi connectivity index (χ4n) is 3.27. The van der Waals surface area contributed by atoms with Crippen molar-refractivity contribution in [2.24, 2.45) is 0 Å². The summed E-state index contributed by atoms with van der Waals surface area (Å²) in [5.41, 5.74) is 5.03. The molecule has 1 N–H and O–H groups in total. The van der Waals surface area contributed by atoms with Gasteiger partial charge in [-0.3, -0.25) is 4.79 Å². The number of amides is 1. The number of likely N-dealkylation sites (tertiary alicyclic amines) is 1. The van der Waals surface area contributed by atoms with Crippen LogP contribution in [0.3, 0.4) is 0 Å². The number of fused-ring (bicyclic) bond motifs is 3. The molecule has 4 rings (SSSR count). The van der Waals surface area contributed by atoms with E-state index in [4.69, 9.17) is 0 Å². The summed E-state index contributed by atoms with van der Waals surface area (Å²) >= 11 is 1.47. The second-order valence-electron chi connectivity index (χ2n) is 5.38. The number of nitrogens with one attached hydrogen (secondary N) is 1. The standard InChI is InChI=1S/C15H15N3OS/c19-15(14-8-20-9-17-14)18-6-12-11-4-2-1-3-10(11)5-16-13(12)7-18/h1-4,8-9,12-13,16H,5-7H2/t12-,13+/m0/s1. The molecule has 3 heterocycles. The van der Waals surface area contributed by atoms with E-state index in [2.05, 4.69) is 34.6 Å². The van der Waals surface area contributed by atoms with Crippen LogP contribution in [0.15, 0.2) is 35.2 Å². The Bertz CT molecular complexity index is 640. The van der Waals surface area contributed by atoms with E-state index < -0.39 is 0 Å². The first-order valence-electron chi connectivity index (χ1n) is 6.81. The molecule has 0 bridgehead atoms. The fraction of sp³-hybridized carbons (Fsp3) is 0.333. The molecule has 0 aliphatic carbocycles. The lowest BCUT2D eigenvalue weighted by atomic mass is 9.87. The van der Waals surface area contributed by atoms with Crippen LogP contribution >= 0.6 is 11.3 Å². The molecule has 0 spiro atoms. The highest BCUT2D eigenvalue weighted by molar-refractivity contribution is 7.07. The molecule has 1 saturated heterocycles. The van der Waals surface area contributed by atoms with Crippen molar-refractivity contribution in [2.45, 2.75) is 18.5 Å². The molecule has 20 heavy (non-hydrogen) atoms. The number of carbonyl (C=O) groups excluding carboxylic acids is 1. The molecule has 2 atom stereocenters. The monoisotopic (exact) mass is 285 g/mol. The van der Waals surface area contributed by atoms with Crippen LogP contribution in [0.2, 0.25) is 0 Å². The highest BCUT2D eigenvalue weighted by Gasteiger charge is 2.39. The Morgan fingerprint density at radius 1 is 1.35 bits per heavy atom. The van der Waals surface area contributed by atoms with E-state index in [0.717, 1.165) is 19.6 Å². The Balaban J connectivity index is 1.60. The van der Waals surface area contributed by atoms with Crippen LogP contribution in [-0.2, 0) is 6.54 Å². The zero-order valence-corrected chi connectivity index (χ0v) is 11.8. The van der Waals surface area contributed by atoms with E-state index in [1.54, 1.807) is 5.51 Å². The van der Waals surface area contributed by atoms with Crippen LogP contribution in [-0.4, -0.2) is 34.9 Å². The molecule has 0 saturated carbocycles. The maximum Gasteiger partial charge on any atom is 0.273 e. The van der Waals surface area contributed by atoms with Crippen LogP contribution in [0.4, 0.5) is 0 Å². The van der Waals surface area contributed by atoms with Gasteiger partial charge in [-0.1, -0.05) is 24.3 Å². The number of hydrogen-bond donors (Lipinski definition) is 1. The van der Waals surface area contributed by atoms with Gasteiger partial charge in [-0.05, 0) is 11.1 Å². The molecular weight excluding hydrogens is 270 g/mol. The van der Waals surface area contributed by atoms with E-state index >= 15 is 0 Å². The molecule has 1 amide bonds. The van der Waals surface area contributed by atoms with Crippen LogP contribution in [0.5, 0.6) is 0 Å². The molecule has 1 fully saturated rings. The van der Waals surface area contributed by atoms with Gasteiger partial charge in [0.2, 0.25) is 0 Å². The Kier molecular flexibility index (Phi) is 2.82. The van der Waals surface area contributed by atoms with E-state index in [1.165, 1.54) is 22.5 Å². The predicted octanol–water partition coefficient (Wildman–Crippen LogP) is 1.85. The van der Waals surface area contributed by atoms with E-state index in [9.17, 15) is 4.79 Å². The first kappa shape index (κ1) is 12.1. The Labute approximate surface area is 121 Å². The highest BCUT2D eigenvalue weighted by atomic mass is 32.1. The number of thiazole rings is 1. The Morgan fingerprint density at radius 2 is 2.25 bits per heavy atom. The summed E-state index contributed by atoms with van der Waals surface area (Å²) in [6, 6.07) is 8.90. The van der Waals surface area contributed by atoms with Crippen molar-refractivity contribution in [2.75, 3.05) is 13.1 Å². The van der Waals surface area contributed by atoms with Crippen LogP contribution < -0.4 is 5.32 Å². The van der Waals surface area contributed by atoms with Crippen LogP contribution in [0.25, 0.3) is 0 Å². The van der Waals surface area contributed by atoms with Gasteiger partial charge in [0.05, 0.1) is 5.51 Å². The van der Waals surface area contributed by atoms with E-state index in [1.807, 2.05) is 10.3 Å². The second kappa shape index (κ2) is 4.68. The molecular formula is C15H15N3OS. The van der Waals surface area contributed by atoms with Crippen molar-refractivity contribution in [1.29, 1.82) is 0 Å². The largest absolute Gasteiger partial charge is 0.335 e. The van der Waals surface area contributed by atoms with Crippen LogP contribution in [0.1, 0.15) is 27.5 Å². The average Bonchev–Trinajstić information content (AvgIpc) is 3.15. The topological polar surface area (TPSA) is 45.2 Å². The lowest BCUT2D eigenvalue weighted by Crippen LogP contribution is -2.39. The minimum Gasteiger partial charge on any atom is -0.335 e. The third kappa shape index (κ3) is 1.85. The third-order valence-electron chi connectivity index (χ3n) is 4.27. The summed E-state index contributed by atoms with van der Waals surface area (Å²) in [5, 5.41) is 5.38. The highest BCUT2D eigenvalue weighted by Crippen LogP contribution is 2.34. The molecule has 5 heteroatoms. The summed E-state index contributed by atoms with van der Waals surface area (Å²) in [5.74, 6) is 0.461. The number of carbonyl (C=O) groups is 1. The van der Waals surface area contributed by atoms with Crippen molar-refractivity contribution in [1.82, 2.24) is 15.2 Å². The molecule has 1 aromatic carbocycles. The van der Waals surface area contributed by atoms with Gasteiger partial charge in [-0.15, -0.1) is 11.3 Å². The van der Waals surface area contributed by atoms with E-state index in [-0.39, 0.29) is 5.91 Å². The smallest absolute Gasteiger partial charge is 0.273 e. The fourth-order valence-corrected chi connectivity index (χ4v) is 3.80. The summed E-state index contributed by atoms with van der Waals surface area (Å²) in [4.78, 5) is 18.5. The second-order valence-corrected chi connectivity index (χ2v) is 6.10. The first-order valence-corrected chi connectivity index (χ1v) is 7.76. The molecule has 1 aromatic heterocycles. The SMILES string of the molecule is O=C(c1cscn1)N1C[C@H]2NCc3ccccc3[C@@H]2C1. The molecule has 0 radical (unpaired) electrons.